The molecule has 7 heteroatoms. The monoisotopic (exact) mass is 383 g/mol. The minimum Gasteiger partial charge on any atom is -0.397 e. The van der Waals surface area contributed by atoms with Gasteiger partial charge in [0.05, 0.1) is 25.0 Å². The maximum atomic E-state index is 7.35. The summed E-state index contributed by atoms with van der Waals surface area (Å²) in [5.74, 6) is 0.963. The fourth-order valence-electron chi connectivity index (χ4n) is 3.81. The van der Waals surface area contributed by atoms with Gasteiger partial charge in [0.2, 0.25) is 0 Å². The number of morpholine rings is 1. The smallest absolute Gasteiger partial charge is 0.130 e. The lowest BCUT2D eigenvalue weighted by Gasteiger charge is -2.35. The molecule has 3 heterocycles. The summed E-state index contributed by atoms with van der Waals surface area (Å²) >= 11 is 1.91. The summed E-state index contributed by atoms with van der Waals surface area (Å²) in [5, 5.41) is 8.45. The second kappa shape index (κ2) is 7.13. The summed E-state index contributed by atoms with van der Waals surface area (Å²) in [5.41, 5.74) is 9.46. The van der Waals surface area contributed by atoms with Crippen LogP contribution in [0.1, 0.15) is 31.0 Å². The Bertz CT molecular complexity index is 909. The molecule has 1 saturated heterocycles. The van der Waals surface area contributed by atoms with Crippen molar-refractivity contribution in [1.29, 1.82) is 5.41 Å². The van der Waals surface area contributed by atoms with Crippen LogP contribution in [-0.4, -0.2) is 48.2 Å². The summed E-state index contributed by atoms with van der Waals surface area (Å²) in [6.45, 7) is 4.41. The molecule has 0 radical (unpaired) electrons. The predicted octanol–water partition coefficient (Wildman–Crippen LogP) is 3.16. The quantitative estimate of drug-likeness (QED) is 0.771. The van der Waals surface area contributed by atoms with E-state index in [9.17, 15) is 0 Å². The van der Waals surface area contributed by atoms with Crippen LogP contribution in [0, 0.1) is 5.41 Å². The molecule has 2 aliphatic rings. The van der Waals surface area contributed by atoms with E-state index in [1.165, 1.54) is 24.6 Å². The molecule has 4 rings (SSSR count). The standard InChI is InChI=1S/C20H25N5OS/c1-13-12-26-10-9-25(13)17-11-15(20(27-2)5-6-20)14-4-8-23-19(18(14)24-17)16(22)3-7-21/h3-4,7-8,11,13,21H,5-6,9-10,12,22H2,1-2H3/b16-3-,21-7?. The Morgan fingerprint density at radius 1 is 1.48 bits per heavy atom. The van der Waals surface area contributed by atoms with Crippen molar-refractivity contribution in [3.8, 4) is 0 Å². The Kier molecular flexibility index (Phi) is 4.82. The van der Waals surface area contributed by atoms with Gasteiger partial charge < -0.3 is 20.8 Å². The molecule has 3 N–H and O–H groups in total. The number of hydrogen-bond acceptors (Lipinski definition) is 7. The van der Waals surface area contributed by atoms with E-state index in [0.717, 1.165) is 23.3 Å². The molecule has 142 valence electrons. The van der Waals surface area contributed by atoms with Gasteiger partial charge in [-0.25, -0.2) is 4.98 Å². The molecule has 27 heavy (non-hydrogen) atoms. The number of allylic oxidation sites excluding steroid dienone is 1. The number of thioether (sulfide) groups is 1. The highest BCUT2D eigenvalue weighted by molar-refractivity contribution is 7.99. The third-order valence-corrected chi connectivity index (χ3v) is 6.91. The van der Waals surface area contributed by atoms with Crippen LogP contribution in [0.3, 0.4) is 0 Å². The largest absolute Gasteiger partial charge is 0.397 e. The number of ether oxygens (including phenoxy) is 1. The van der Waals surface area contributed by atoms with Gasteiger partial charge in [-0.05, 0) is 49.8 Å². The van der Waals surface area contributed by atoms with Crippen LogP contribution in [0.4, 0.5) is 5.82 Å². The molecule has 0 amide bonds. The molecule has 1 atom stereocenters. The van der Waals surface area contributed by atoms with E-state index in [-0.39, 0.29) is 10.8 Å². The van der Waals surface area contributed by atoms with Crippen molar-refractivity contribution < 1.29 is 4.74 Å². The second-order valence-corrected chi connectivity index (χ2v) is 8.38. The number of nitrogens with one attached hydrogen (secondary N) is 1. The molecule has 2 aromatic heterocycles. The van der Waals surface area contributed by atoms with Gasteiger partial charge in [0.25, 0.3) is 0 Å². The highest BCUT2D eigenvalue weighted by Crippen LogP contribution is 2.58. The van der Waals surface area contributed by atoms with Gasteiger partial charge >= 0.3 is 0 Å². The summed E-state index contributed by atoms with van der Waals surface area (Å²) in [6.07, 6.45) is 9.08. The van der Waals surface area contributed by atoms with Crippen LogP contribution in [0.2, 0.25) is 0 Å². The lowest BCUT2D eigenvalue weighted by molar-refractivity contribution is 0.0985. The number of fused-ring (bicyclic) bond motifs is 1. The van der Waals surface area contributed by atoms with Gasteiger partial charge in [-0.2, -0.15) is 11.8 Å². The summed E-state index contributed by atoms with van der Waals surface area (Å²) < 4.78 is 5.76. The highest BCUT2D eigenvalue weighted by Gasteiger charge is 2.45. The van der Waals surface area contributed by atoms with Crippen molar-refractivity contribution in [2.24, 2.45) is 5.73 Å². The van der Waals surface area contributed by atoms with E-state index in [4.69, 9.17) is 20.9 Å². The van der Waals surface area contributed by atoms with E-state index >= 15 is 0 Å². The van der Waals surface area contributed by atoms with Crippen LogP contribution >= 0.6 is 11.8 Å². The molecular weight excluding hydrogens is 358 g/mol. The molecule has 0 aromatic carbocycles. The molecule has 1 aliphatic carbocycles. The SMILES string of the molecule is CSC1(c2cc(N3CCOCC3C)nc3c(/C(N)=C/C=N)nccc23)CC1. The fraction of sp³-hybridized carbons (Fsp3) is 0.450. The van der Waals surface area contributed by atoms with Gasteiger partial charge in [0.1, 0.15) is 17.0 Å². The first-order chi connectivity index (χ1) is 13.1. The number of nitrogens with two attached hydrogens (primary N) is 1. The molecule has 1 aliphatic heterocycles. The average molecular weight is 384 g/mol. The van der Waals surface area contributed by atoms with Gasteiger partial charge in [-0.15, -0.1) is 0 Å². The topological polar surface area (TPSA) is 88.1 Å². The van der Waals surface area contributed by atoms with Gasteiger partial charge in [0, 0.05) is 29.1 Å². The minimum absolute atomic E-state index is 0.157. The molecule has 2 fully saturated rings. The Morgan fingerprint density at radius 3 is 2.96 bits per heavy atom. The number of anilines is 1. The first kappa shape index (κ1) is 18.3. The maximum Gasteiger partial charge on any atom is 0.130 e. The zero-order valence-electron chi connectivity index (χ0n) is 15.7. The van der Waals surface area contributed by atoms with Crippen LogP contribution in [0.25, 0.3) is 16.6 Å². The number of hydrogen-bond donors (Lipinski definition) is 2. The van der Waals surface area contributed by atoms with E-state index in [0.29, 0.717) is 24.6 Å². The summed E-state index contributed by atoms with van der Waals surface area (Å²) in [6, 6.07) is 4.57. The number of pyridine rings is 2. The third-order valence-electron chi connectivity index (χ3n) is 5.50. The van der Waals surface area contributed by atoms with Gasteiger partial charge in [-0.3, -0.25) is 4.98 Å². The van der Waals surface area contributed by atoms with Crippen molar-refractivity contribution in [3.05, 3.63) is 35.7 Å². The second-order valence-electron chi connectivity index (χ2n) is 7.19. The highest BCUT2D eigenvalue weighted by atomic mass is 32.2. The van der Waals surface area contributed by atoms with Crippen molar-refractivity contribution in [2.45, 2.75) is 30.6 Å². The van der Waals surface area contributed by atoms with Gasteiger partial charge in [0.15, 0.2) is 0 Å². The fourth-order valence-corrected chi connectivity index (χ4v) is 4.71. The Morgan fingerprint density at radius 2 is 2.30 bits per heavy atom. The maximum absolute atomic E-state index is 7.35. The normalized spacial score (nSPS) is 22.1. The van der Waals surface area contributed by atoms with E-state index in [1.807, 2.05) is 17.8 Å². The molecular formula is C20H25N5OS. The zero-order chi connectivity index (χ0) is 19.0. The molecule has 1 saturated carbocycles. The van der Waals surface area contributed by atoms with E-state index in [1.54, 1.807) is 12.3 Å². The van der Waals surface area contributed by atoms with Crippen molar-refractivity contribution in [2.75, 3.05) is 30.9 Å². The molecule has 0 spiro atoms. The van der Waals surface area contributed by atoms with Crippen LogP contribution in [0.5, 0.6) is 0 Å². The van der Waals surface area contributed by atoms with Crippen LogP contribution in [0.15, 0.2) is 24.4 Å². The lowest BCUT2D eigenvalue weighted by Crippen LogP contribution is -2.44. The summed E-state index contributed by atoms with van der Waals surface area (Å²) in [4.78, 5) is 11.8. The first-order valence-corrected chi connectivity index (χ1v) is 10.5. The lowest BCUT2D eigenvalue weighted by atomic mass is 10.0. The Hall–Kier alpha value is -2.12. The first-order valence-electron chi connectivity index (χ1n) is 9.26. The van der Waals surface area contributed by atoms with E-state index in [2.05, 4.69) is 29.1 Å². The molecule has 2 aromatic rings. The third kappa shape index (κ3) is 3.19. The van der Waals surface area contributed by atoms with Gasteiger partial charge in [-0.1, -0.05) is 0 Å². The van der Waals surface area contributed by atoms with Crippen molar-refractivity contribution in [1.82, 2.24) is 9.97 Å². The molecule has 0 bridgehead atoms. The molecule has 1 unspecified atom stereocenters. The number of aromatic nitrogens is 2. The number of nitrogens with zero attached hydrogens (tertiary/aromatic N) is 3. The van der Waals surface area contributed by atoms with Crippen LogP contribution < -0.4 is 10.6 Å². The zero-order valence-corrected chi connectivity index (χ0v) is 16.6. The molecule has 6 nitrogen and oxygen atoms in total. The minimum atomic E-state index is 0.157. The Balaban J connectivity index is 1.96. The van der Waals surface area contributed by atoms with Crippen molar-refractivity contribution >= 4 is 40.4 Å². The number of rotatable bonds is 5. The van der Waals surface area contributed by atoms with E-state index < -0.39 is 0 Å². The predicted molar refractivity (Wildman–Crippen MR) is 113 cm³/mol. The van der Waals surface area contributed by atoms with Crippen molar-refractivity contribution in [3.63, 3.8) is 0 Å². The summed E-state index contributed by atoms with van der Waals surface area (Å²) in [7, 11) is 0. The van der Waals surface area contributed by atoms with Crippen LogP contribution in [-0.2, 0) is 9.48 Å². The average Bonchev–Trinajstić information content (AvgIpc) is 3.48. The Labute approximate surface area is 163 Å².